The highest BCUT2D eigenvalue weighted by atomic mass is 15.4. The molecule has 0 heterocycles. The molecule has 17 heavy (non-hydrogen) atoms. The number of aliphatic imine (C=N–C) groups is 1. The van der Waals surface area contributed by atoms with Crippen molar-refractivity contribution in [3.05, 3.63) is 0 Å². The molecular formula is C12H20N5+. The van der Waals surface area contributed by atoms with E-state index in [0.29, 0.717) is 5.96 Å². The van der Waals surface area contributed by atoms with Crippen LogP contribution >= 0.6 is 0 Å². The first-order valence-electron chi connectivity index (χ1n) is 5.05. The molecule has 0 N–H and O–H groups in total. The Labute approximate surface area is 104 Å². The Bertz CT molecular complexity index is 380. The summed E-state index contributed by atoms with van der Waals surface area (Å²) in [5, 5.41) is 0. The number of guanidine groups is 2. The number of hydrogen-bond donors (Lipinski definition) is 0. The van der Waals surface area contributed by atoms with E-state index in [-0.39, 0.29) is 0 Å². The van der Waals surface area contributed by atoms with E-state index in [9.17, 15) is 0 Å². The molecule has 0 aliphatic rings. The quantitative estimate of drug-likeness (QED) is 0.187. The van der Waals surface area contributed by atoms with Crippen LogP contribution in [0.5, 0.6) is 0 Å². The zero-order valence-electron chi connectivity index (χ0n) is 11.4. The van der Waals surface area contributed by atoms with E-state index in [1.807, 2.05) is 37.7 Å². The predicted octanol–water partition coefficient (Wildman–Crippen LogP) is -0.423. The van der Waals surface area contributed by atoms with Crippen LogP contribution in [0.25, 0.3) is 0 Å². The lowest BCUT2D eigenvalue weighted by Crippen LogP contribution is -2.38. The van der Waals surface area contributed by atoms with Crippen LogP contribution in [-0.2, 0) is 0 Å². The topological polar surface area (TPSA) is 25.1 Å². The average molecular weight is 234 g/mol. The Morgan fingerprint density at radius 3 is 1.65 bits per heavy atom. The Morgan fingerprint density at radius 1 is 1.00 bits per heavy atom. The third kappa shape index (κ3) is 4.08. The van der Waals surface area contributed by atoms with Crippen LogP contribution in [0, 0.1) is 24.9 Å². The molecule has 0 amide bonds. The van der Waals surface area contributed by atoms with E-state index < -0.39 is 0 Å². The number of terminal acetylenes is 2. The van der Waals surface area contributed by atoms with Crippen molar-refractivity contribution in [1.29, 1.82) is 0 Å². The van der Waals surface area contributed by atoms with Crippen molar-refractivity contribution in [3.63, 3.8) is 0 Å². The van der Waals surface area contributed by atoms with Crippen LogP contribution < -0.4 is 0 Å². The van der Waals surface area contributed by atoms with Gasteiger partial charge in [0, 0.05) is 26.2 Å². The van der Waals surface area contributed by atoms with Crippen LogP contribution in [0.15, 0.2) is 4.99 Å². The summed E-state index contributed by atoms with van der Waals surface area (Å²) in [4.78, 5) is 9.42. The van der Waals surface area contributed by atoms with Crippen molar-refractivity contribution in [2.75, 3.05) is 42.3 Å². The molecule has 0 fully saturated rings. The molecule has 0 bridgehead atoms. The van der Waals surface area contributed by atoms with E-state index in [1.54, 1.807) is 14.1 Å². The molecule has 0 aliphatic heterocycles. The van der Waals surface area contributed by atoms with Gasteiger partial charge in [-0.25, -0.2) is 0 Å². The summed E-state index contributed by atoms with van der Waals surface area (Å²) in [6, 6.07) is 4.96. The molecule has 92 valence electrons. The van der Waals surface area contributed by atoms with Crippen molar-refractivity contribution in [2.45, 2.75) is 0 Å². The largest absolute Gasteiger partial charge is 0.392 e. The monoisotopic (exact) mass is 234 g/mol. The molecule has 0 aromatic heterocycles. The fourth-order valence-electron chi connectivity index (χ4n) is 1.18. The summed E-state index contributed by atoms with van der Waals surface area (Å²) in [6.07, 6.45) is 10.7. The molecule has 0 rings (SSSR count). The van der Waals surface area contributed by atoms with Gasteiger partial charge in [0.1, 0.15) is 0 Å². The molecule has 0 aromatic carbocycles. The van der Waals surface area contributed by atoms with E-state index in [0.717, 1.165) is 5.96 Å². The minimum atomic E-state index is 0.521. The maximum Gasteiger partial charge on any atom is 0.392 e. The van der Waals surface area contributed by atoms with Crippen LogP contribution in [0.2, 0.25) is 0 Å². The van der Waals surface area contributed by atoms with Crippen molar-refractivity contribution in [1.82, 2.24) is 14.7 Å². The van der Waals surface area contributed by atoms with E-state index >= 15 is 0 Å². The Hall–Kier alpha value is -2.14. The SMILES string of the molecule is C#CN(C)C(=NC(N(C)C)=[N+](C)C)N(C)C#C. The lowest BCUT2D eigenvalue weighted by Gasteiger charge is -2.17. The second kappa shape index (κ2) is 6.44. The van der Waals surface area contributed by atoms with E-state index in [2.05, 4.69) is 17.1 Å². The van der Waals surface area contributed by atoms with Crippen LogP contribution in [0.3, 0.4) is 0 Å². The Morgan fingerprint density at radius 2 is 1.41 bits per heavy atom. The van der Waals surface area contributed by atoms with Gasteiger partial charge in [-0.2, -0.15) is 0 Å². The van der Waals surface area contributed by atoms with Crippen molar-refractivity contribution in [3.8, 4) is 24.9 Å². The van der Waals surface area contributed by atoms with Crippen molar-refractivity contribution in [2.24, 2.45) is 4.99 Å². The van der Waals surface area contributed by atoms with Gasteiger partial charge in [-0.05, 0) is 4.99 Å². The summed E-state index contributed by atoms with van der Waals surface area (Å²) in [6.45, 7) is 0. The Kier molecular flexibility index (Phi) is 5.63. The van der Waals surface area contributed by atoms with Gasteiger partial charge in [0.05, 0.1) is 28.2 Å². The standard InChI is InChI=1S/C12H20N5/c1-9-16(7)12(17(8)10-2)13-11(14(3)4)15(5)6/h1-2H,3-8H3/q+1. The zero-order chi connectivity index (χ0) is 13.6. The van der Waals surface area contributed by atoms with Gasteiger partial charge in [0.2, 0.25) is 0 Å². The molecule has 0 aliphatic carbocycles. The van der Waals surface area contributed by atoms with Gasteiger partial charge >= 0.3 is 11.9 Å². The highest BCUT2D eigenvalue weighted by molar-refractivity contribution is 5.93. The van der Waals surface area contributed by atoms with Crippen LogP contribution in [0.1, 0.15) is 0 Å². The van der Waals surface area contributed by atoms with Gasteiger partial charge in [-0.3, -0.25) is 19.3 Å². The number of hydrogen-bond acceptors (Lipinski definition) is 0. The summed E-state index contributed by atoms with van der Waals surface area (Å²) in [5.74, 6) is 1.27. The highest BCUT2D eigenvalue weighted by Crippen LogP contribution is 1.95. The summed E-state index contributed by atoms with van der Waals surface area (Å²) in [7, 11) is 11.1. The van der Waals surface area contributed by atoms with Crippen molar-refractivity contribution < 1.29 is 4.58 Å². The van der Waals surface area contributed by atoms with Gasteiger partial charge < -0.3 is 0 Å². The third-order valence-corrected chi connectivity index (χ3v) is 1.99. The fraction of sp³-hybridized carbons (Fsp3) is 0.500. The molecule has 0 aromatic rings. The molecular weight excluding hydrogens is 214 g/mol. The zero-order valence-corrected chi connectivity index (χ0v) is 11.4. The third-order valence-electron chi connectivity index (χ3n) is 1.99. The summed E-state index contributed by atoms with van der Waals surface area (Å²) >= 11 is 0. The van der Waals surface area contributed by atoms with Crippen LogP contribution in [-0.4, -0.2) is 73.5 Å². The summed E-state index contributed by atoms with van der Waals surface area (Å²) < 4.78 is 1.88. The van der Waals surface area contributed by atoms with Gasteiger partial charge in [-0.15, -0.1) is 0 Å². The molecule has 5 nitrogen and oxygen atoms in total. The predicted molar refractivity (Wildman–Crippen MR) is 71.4 cm³/mol. The van der Waals surface area contributed by atoms with Gasteiger partial charge in [-0.1, -0.05) is 12.8 Å². The van der Waals surface area contributed by atoms with E-state index in [1.165, 1.54) is 9.80 Å². The smallest absolute Gasteiger partial charge is 0.267 e. The first-order valence-corrected chi connectivity index (χ1v) is 5.05. The molecule has 0 radical (unpaired) electrons. The minimum absolute atomic E-state index is 0.521. The summed E-state index contributed by atoms with van der Waals surface area (Å²) in [5.41, 5.74) is 0. The van der Waals surface area contributed by atoms with Gasteiger partial charge in [0.25, 0.3) is 0 Å². The molecule has 5 heteroatoms. The van der Waals surface area contributed by atoms with Crippen molar-refractivity contribution >= 4 is 11.9 Å². The first-order chi connectivity index (χ1) is 7.84. The second-order valence-electron chi connectivity index (χ2n) is 3.88. The first kappa shape index (κ1) is 14.9. The number of nitrogens with zero attached hydrogens (tertiary/aromatic N) is 5. The Balaban J connectivity index is 5.56. The molecule has 0 atom stereocenters. The highest BCUT2D eigenvalue weighted by Gasteiger charge is 2.19. The molecule has 0 saturated carbocycles. The second-order valence-corrected chi connectivity index (χ2v) is 3.88. The maximum absolute atomic E-state index is 5.36. The minimum Gasteiger partial charge on any atom is -0.267 e. The maximum atomic E-state index is 5.36. The average Bonchev–Trinajstić information content (AvgIpc) is 2.27. The van der Waals surface area contributed by atoms with E-state index in [4.69, 9.17) is 12.8 Å². The lowest BCUT2D eigenvalue weighted by molar-refractivity contribution is -0.470. The number of rotatable bonds is 0. The fourth-order valence-corrected chi connectivity index (χ4v) is 1.18. The molecule has 0 spiro atoms. The van der Waals surface area contributed by atoms with Crippen LogP contribution in [0.4, 0.5) is 0 Å². The molecule has 0 unspecified atom stereocenters. The van der Waals surface area contributed by atoms with Gasteiger partial charge in [0.15, 0.2) is 0 Å². The normalized spacial score (nSPS) is 8.47. The lowest BCUT2D eigenvalue weighted by atomic mass is 10.6. The molecule has 0 saturated heterocycles.